The van der Waals surface area contributed by atoms with E-state index in [0.717, 1.165) is 17.8 Å². The van der Waals surface area contributed by atoms with Gasteiger partial charge in [0.15, 0.2) is 5.82 Å². The lowest BCUT2D eigenvalue weighted by atomic mass is 10.2. The lowest BCUT2D eigenvalue weighted by Gasteiger charge is -2.11. The van der Waals surface area contributed by atoms with Gasteiger partial charge in [-0.3, -0.25) is 4.68 Å². The van der Waals surface area contributed by atoms with Gasteiger partial charge >= 0.3 is 0 Å². The van der Waals surface area contributed by atoms with Crippen LogP contribution in [0.4, 0.5) is 11.6 Å². The van der Waals surface area contributed by atoms with Crippen molar-refractivity contribution in [2.24, 2.45) is 12.9 Å². The summed E-state index contributed by atoms with van der Waals surface area (Å²) >= 11 is 0. The van der Waals surface area contributed by atoms with Gasteiger partial charge in [-0.2, -0.15) is 5.10 Å². The second-order valence-electron chi connectivity index (χ2n) is 3.74. The van der Waals surface area contributed by atoms with E-state index < -0.39 is 0 Å². The van der Waals surface area contributed by atoms with Gasteiger partial charge in [0.25, 0.3) is 0 Å². The van der Waals surface area contributed by atoms with Crippen LogP contribution in [0.15, 0.2) is 12.7 Å². The van der Waals surface area contributed by atoms with E-state index in [2.05, 4.69) is 30.8 Å². The van der Waals surface area contributed by atoms with Crippen LogP contribution in [0.5, 0.6) is 0 Å². The number of nitrogens with two attached hydrogens (primary N) is 1. The fraction of sp³-hybridized carbons (Fsp3) is 0.400. The molecule has 2 heterocycles. The molecule has 8 nitrogen and oxygen atoms in total. The maximum atomic E-state index is 5.41. The van der Waals surface area contributed by atoms with Crippen LogP contribution in [0, 0.1) is 0 Å². The molecule has 0 aliphatic rings. The molecule has 0 bridgehead atoms. The Morgan fingerprint density at radius 1 is 1.28 bits per heavy atom. The Morgan fingerprint density at radius 2 is 2.06 bits per heavy atom. The lowest BCUT2D eigenvalue weighted by molar-refractivity contribution is 0.746. The van der Waals surface area contributed by atoms with Crippen LogP contribution in [-0.2, 0) is 20.0 Å². The number of nitrogens with zero attached hydrogens (tertiary/aromatic N) is 5. The van der Waals surface area contributed by atoms with Crippen LogP contribution in [0.2, 0.25) is 0 Å². The quantitative estimate of drug-likeness (QED) is 0.507. The summed E-state index contributed by atoms with van der Waals surface area (Å²) in [4.78, 5) is 12.4. The van der Waals surface area contributed by atoms with E-state index >= 15 is 0 Å². The fourth-order valence-corrected chi connectivity index (χ4v) is 1.65. The average molecular weight is 248 g/mol. The molecule has 0 aromatic carbocycles. The summed E-state index contributed by atoms with van der Waals surface area (Å²) in [5, 5.41) is 7.37. The average Bonchev–Trinajstić information content (AvgIpc) is 2.81. The second kappa shape index (κ2) is 5.41. The monoisotopic (exact) mass is 248 g/mol. The van der Waals surface area contributed by atoms with Gasteiger partial charge in [0.05, 0.1) is 6.54 Å². The Kier molecular flexibility index (Phi) is 3.68. The number of anilines is 2. The Bertz CT molecular complexity index is 520. The molecule has 0 fully saturated rings. The molecule has 96 valence electrons. The standard InChI is InChI=1S/C10H16N8/c1-3-7-9(13-5-14-10(7)16-11)12-4-8-15-6-18(2)17-8/h5-6H,3-4,11H2,1-2H3,(H2,12,13,14,16). The van der Waals surface area contributed by atoms with Crippen LogP contribution >= 0.6 is 0 Å². The Morgan fingerprint density at radius 3 is 2.67 bits per heavy atom. The number of aromatic nitrogens is 5. The SMILES string of the molecule is CCc1c(NN)ncnc1NCc1ncn(C)n1. The zero-order valence-electron chi connectivity index (χ0n) is 10.4. The minimum Gasteiger partial charge on any atom is -0.362 e. The highest BCUT2D eigenvalue weighted by molar-refractivity contribution is 5.56. The number of nitrogen functional groups attached to an aromatic ring is 1. The minimum absolute atomic E-state index is 0.509. The van der Waals surface area contributed by atoms with Gasteiger partial charge in [-0.1, -0.05) is 6.92 Å². The highest BCUT2D eigenvalue weighted by Crippen LogP contribution is 2.19. The molecule has 2 aromatic heterocycles. The molecule has 0 spiro atoms. The topological polar surface area (TPSA) is 107 Å². The number of hydrogen-bond donors (Lipinski definition) is 3. The Hall–Kier alpha value is -2.22. The number of rotatable bonds is 5. The maximum Gasteiger partial charge on any atom is 0.169 e. The van der Waals surface area contributed by atoms with E-state index in [-0.39, 0.29) is 0 Å². The Balaban J connectivity index is 2.13. The van der Waals surface area contributed by atoms with E-state index in [9.17, 15) is 0 Å². The lowest BCUT2D eigenvalue weighted by Crippen LogP contribution is -2.14. The molecule has 0 atom stereocenters. The zero-order chi connectivity index (χ0) is 13.0. The molecule has 2 rings (SSSR count). The van der Waals surface area contributed by atoms with Crippen molar-refractivity contribution in [3.63, 3.8) is 0 Å². The van der Waals surface area contributed by atoms with Gasteiger partial charge in [-0.05, 0) is 6.42 Å². The molecular weight excluding hydrogens is 232 g/mol. The highest BCUT2D eigenvalue weighted by atomic mass is 15.3. The van der Waals surface area contributed by atoms with E-state index in [0.29, 0.717) is 18.2 Å². The first-order valence-electron chi connectivity index (χ1n) is 5.63. The molecule has 0 unspecified atom stereocenters. The Labute approximate surface area is 105 Å². The summed E-state index contributed by atoms with van der Waals surface area (Å²) in [5.74, 6) is 7.49. The van der Waals surface area contributed by atoms with E-state index in [1.165, 1.54) is 6.33 Å². The van der Waals surface area contributed by atoms with Gasteiger partial charge in [-0.25, -0.2) is 20.8 Å². The molecule has 0 amide bonds. The molecule has 4 N–H and O–H groups in total. The molecule has 0 saturated carbocycles. The van der Waals surface area contributed by atoms with Crippen LogP contribution in [0.3, 0.4) is 0 Å². The predicted molar refractivity (Wildman–Crippen MR) is 67.5 cm³/mol. The van der Waals surface area contributed by atoms with Crippen LogP contribution in [-0.4, -0.2) is 24.7 Å². The van der Waals surface area contributed by atoms with Crippen molar-refractivity contribution in [1.29, 1.82) is 0 Å². The molecule has 0 aliphatic carbocycles. The van der Waals surface area contributed by atoms with E-state index in [1.807, 2.05) is 14.0 Å². The smallest absolute Gasteiger partial charge is 0.169 e. The molecule has 0 radical (unpaired) electrons. The van der Waals surface area contributed by atoms with Crippen molar-refractivity contribution >= 4 is 11.6 Å². The van der Waals surface area contributed by atoms with Gasteiger partial charge in [0.2, 0.25) is 0 Å². The number of aryl methyl sites for hydroxylation is 1. The molecule has 18 heavy (non-hydrogen) atoms. The van der Waals surface area contributed by atoms with Crippen molar-refractivity contribution in [2.75, 3.05) is 10.7 Å². The van der Waals surface area contributed by atoms with Crippen molar-refractivity contribution in [3.05, 3.63) is 24.0 Å². The first kappa shape index (κ1) is 12.2. The van der Waals surface area contributed by atoms with E-state index in [1.54, 1.807) is 11.0 Å². The summed E-state index contributed by atoms with van der Waals surface area (Å²) in [6.07, 6.45) is 3.89. The summed E-state index contributed by atoms with van der Waals surface area (Å²) < 4.78 is 1.66. The number of hydrazine groups is 1. The minimum atomic E-state index is 0.509. The second-order valence-corrected chi connectivity index (χ2v) is 3.74. The molecule has 8 heteroatoms. The predicted octanol–water partition coefficient (Wildman–Crippen LogP) is 0.0652. The number of nitrogens with one attached hydrogen (secondary N) is 2. The van der Waals surface area contributed by atoms with Crippen LogP contribution < -0.4 is 16.6 Å². The number of hydrogen-bond acceptors (Lipinski definition) is 7. The zero-order valence-corrected chi connectivity index (χ0v) is 10.4. The molecule has 2 aromatic rings. The maximum absolute atomic E-state index is 5.41. The summed E-state index contributed by atoms with van der Waals surface area (Å²) in [6, 6.07) is 0. The molecular formula is C10H16N8. The first-order chi connectivity index (χ1) is 8.74. The van der Waals surface area contributed by atoms with Crippen molar-refractivity contribution in [3.8, 4) is 0 Å². The third-order valence-corrected chi connectivity index (χ3v) is 2.50. The third kappa shape index (κ3) is 2.54. The summed E-state index contributed by atoms with van der Waals surface area (Å²) in [7, 11) is 1.83. The first-order valence-corrected chi connectivity index (χ1v) is 5.63. The largest absolute Gasteiger partial charge is 0.362 e. The van der Waals surface area contributed by atoms with Gasteiger partial charge < -0.3 is 10.7 Å². The van der Waals surface area contributed by atoms with Crippen LogP contribution in [0.25, 0.3) is 0 Å². The highest BCUT2D eigenvalue weighted by Gasteiger charge is 2.09. The van der Waals surface area contributed by atoms with E-state index in [4.69, 9.17) is 5.84 Å². The normalized spacial score (nSPS) is 10.4. The van der Waals surface area contributed by atoms with Crippen molar-refractivity contribution in [1.82, 2.24) is 24.7 Å². The molecule has 0 aliphatic heterocycles. The van der Waals surface area contributed by atoms with Gasteiger partial charge in [-0.15, -0.1) is 0 Å². The van der Waals surface area contributed by atoms with Crippen LogP contribution in [0.1, 0.15) is 18.3 Å². The third-order valence-electron chi connectivity index (χ3n) is 2.50. The van der Waals surface area contributed by atoms with Crippen molar-refractivity contribution < 1.29 is 0 Å². The summed E-state index contributed by atoms with van der Waals surface area (Å²) in [6.45, 7) is 2.53. The molecule has 0 saturated heterocycles. The fourth-order valence-electron chi connectivity index (χ4n) is 1.65. The summed E-state index contributed by atoms with van der Waals surface area (Å²) in [5.41, 5.74) is 3.50. The van der Waals surface area contributed by atoms with Gasteiger partial charge in [0, 0.05) is 12.6 Å². The van der Waals surface area contributed by atoms with Gasteiger partial charge in [0.1, 0.15) is 24.3 Å². The van der Waals surface area contributed by atoms with Crippen molar-refractivity contribution in [2.45, 2.75) is 19.9 Å².